The van der Waals surface area contributed by atoms with Crippen molar-refractivity contribution >= 4 is 5.97 Å². The quantitative estimate of drug-likeness (QED) is 0.392. The molecule has 0 atom stereocenters. The molecule has 0 radical (unpaired) electrons. The Morgan fingerprint density at radius 2 is 2.08 bits per heavy atom. The Balaban J connectivity index is 3.70. The molecule has 0 unspecified atom stereocenters. The first kappa shape index (κ1) is 10.6. The maximum Gasteiger partial charge on any atom is 0.309 e. The number of hydrogen-bond donors (Lipinski definition) is 1. The SMILES string of the molecule is COC(=O)C/C=C/C=C(\O)OC. The van der Waals surface area contributed by atoms with Gasteiger partial charge in [-0.05, 0) is 0 Å². The minimum Gasteiger partial charge on any atom is -0.481 e. The minimum atomic E-state index is -0.323. The van der Waals surface area contributed by atoms with E-state index in [-0.39, 0.29) is 18.3 Å². The summed E-state index contributed by atoms with van der Waals surface area (Å²) in [4.78, 5) is 10.5. The van der Waals surface area contributed by atoms with Crippen molar-refractivity contribution in [3.8, 4) is 0 Å². The number of carbonyl (C=O) groups excluding carboxylic acids is 1. The maximum absolute atomic E-state index is 10.5. The van der Waals surface area contributed by atoms with Crippen LogP contribution in [0.3, 0.4) is 0 Å². The fourth-order valence-corrected chi connectivity index (χ4v) is 0.466. The van der Waals surface area contributed by atoms with Gasteiger partial charge < -0.3 is 14.6 Å². The summed E-state index contributed by atoms with van der Waals surface area (Å²) in [5.41, 5.74) is 0. The topological polar surface area (TPSA) is 55.8 Å². The zero-order chi connectivity index (χ0) is 9.40. The lowest BCUT2D eigenvalue weighted by atomic mass is 10.4. The zero-order valence-corrected chi connectivity index (χ0v) is 7.11. The normalized spacial score (nSPS) is 11.7. The van der Waals surface area contributed by atoms with Crippen LogP contribution < -0.4 is 0 Å². The third-order valence-electron chi connectivity index (χ3n) is 1.10. The van der Waals surface area contributed by atoms with Crippen LogP contribution in [-0.2, 0) is 14.3 Å². The van der Waals surface area contributed by atoms with E-state index in [1.54, 1.807) is 6.08 Å². The second kappa shape index (κ2) is 6.27. The first-order chi connectivity index (χ1) is 5.70. The average molecular weight is 172 g/mol. The van der Waals surface area contributed by atoms with E-state index < -0.39 is 0 Å². The van der Waals surface area contributed by atoms with E-state index in [4.69, 9.17) is 5.11 Å². The van der Waals surface area contributed by atoms with Crippen LogP contribution in [0.4, 0.5) is 0 Å². The molecule has 0 saturated carbocycles. The van der Waals surface area contributed by atoms with Gasteiger partial charge in [-0.15, -0.1) is 0 Å². The Kier molecular flexibility index (Phi) is 5.51. The monoisotopic (exact) mass is 172 g/mol. The van der Waals surface area contributed by atoms with Crippen molar-refractivity contribution in [2.75, 3.05) is 14.2 Å². The fourth-order valence-electron chi connectivity index (χ4n) is 0.466. The molecule has 0 aliphatic heterocycles. The molecule has 0 saturated heterocycles. The Labute approximate surface area is 71.1 Å². The fraction of sp³-hybridized carbons (Fsp3) is 0.375. The lowest BCUT2D eigenvalue weighted by Crippen LogP contribution is -1.96. The number of ether oxygens (including phenoxy) is 2. The summed E-state index contributed by atoms with van der Waals surface area (Å²) in [5, 5.41) is 8.75. The van der Waals surface area contributed by atoms with E-state index in [1.165, 1.54) is 26.4 Å². The lowest BCUT2D eigenvalue weighted by molar-refractivity contribution is -0.139. The van der Waals surface area contributed by atoms with E-state index in [0.29, 0.717) is 0 Å². The van der Waals surface area contributed by atoms with Crippen molar-refractivity contribution in [2.45, 2.75) is 6.42 Å². The molecule has 4 nitrogen and oxygen atoms in total. The summed E-state index contributed by atoms with van der Waals surface area (Å²) in [6.45, 7) is 0. The molecule has 0 spiro atoms. The van der Waals surface area contributed by atoms with Gasteiger partial charge in [-0.3, -0.25) is 4.79 Å². The molecule has 0 aliphatic carbocycles. The number of carbonyl (C=O) groups is 1. The second-order valence-electron chi connectivity index (χ2n) is 1.92. The summed E-state index contributed by atoms with van der Waals surface area (Å²) >= 11 is 0. The number of rotatable bonds is 4. The van der Waals surface area contributed by atoms with Crippen molar-refractivity contribution in [1.82, 2.24) is 0 Å². The van der Waals surface area contributed by atoms with Crippen LogP contribution in [-0.4, -0.2) is 25.3 Å². The van der Waals surface area contributed by atoms with Crippen molar-refractivity contribution in [2.24, 2.45) is 0 Å². The van der Waals surface area contributed by atoms with Crippen LogP contribution in [0.5, 0.6) is 0 Å². The van der Waals surface area contributed by atoms with E-state index in [0.717, 1.165) is 0 Å². The maximum atomic E-state index is 10.5. The Hall–Kier alpha value is -1.45. The highest BCUT2D eigenvalue weighted by Crippen LogP contribution is 1.91. The van der Waals surface area contributed by atoms with Crippen molar-refractivity contribution in [3.05, 3.63) is 24.2 Å². The van der Waals surface area contributed by atoms with Gasteiger partial charge in [-0.25, -0.2) is 0 Å². The molecule has 0 aromatic rings. The van der Waals surface area contributed by atoms with E-state index in [9.17, 15) is 4.79 Å². The van der Waals surface area contributed by atoms with Crippen LogP contribution in [0.25, 0.3) is 0 Å². The minimum absolute atomic E-state index is 0.185. The summed E-state index contributed by atoms with van der Waals surface area (Å²) in [7, 11) is 2.67. The highest BCUT2D eigenvalue weighted by atomic mass is 16.6. The molecule has 0 rings (SSSR count). The molecule has 0 fully saturated rings. The van der Waals surface area contributed by atoms with Crippen LogP contribution in [0, 0.1) is 0 Å². The number of hydrogen-bond acceptors (Lipinski definition) is 4. The van der Waals surface area contributed by atoms with Crippen molar-refractivity contribution in [1.29, 1.82) is 0 Å². The highest BCUT2D eigenvalue weighted by Gasteiger charge is 1.92. The predicted molar refractivity (Wildman–Crippen MR) is 43.5 cm³/mol. The molecule has 0 amide bonds. The third kappa shape index (κ3) is 5.34. The standard InChI is InChI=1S/C8H12O4/c1-11-7(9)5-3-4-6-8(10)12-2/h3-5,9H,6H2,1-2H3/b4-3+,7-5+. The lowest BCUT2D eigenvalue weighted by Gasteiger charge is -1.92. The Morgan fingerprint density at radius 1 is 1.42 bits per heavy atom. The molecule has 0 aromatic carbocycles. The average Bonchev–Trinajstić information content (AvgIpc) is 2.11. The van der Waals surface area contributed by atoms with Gasteiger partial charge in [-0.1, -0.05) is 12.2 Å². The molecular weight excluding hydrogens is 160 g/mol. The van der Waals surface area contributed by atoms with E-state index in [1.807, 2.05) is 0 Å². The molecule has 0 aromatic heterocycles. The van der Waals surface area contributed by atoms with Crippen LogP contribution in [0.2, 0.25) is 0 Å². The molecule has 0 bridgehead atoms. The van der Waals surface area contributed by atoms with Gasteiger partial charge in [-0.2, -0.15) is 0 Å². The van der Waals surface area contributed by atoms with Gasteiger partial charge >= 0.3 is 5.97 Å². The van der Waals surface area contributed by atoms with Crippen molar-refractivity contribution < 1.29 is 19.4 Å². The number of methoxy groups -OCH3 is 2. The predicted octanol–water partition coefficient (Wildman–Crippen LogP) is 1.15. The molecule has 12 heavy (non-hydrogen) atoms. The summed E-state index contributed by atoms with van der Waals surface area (Å²) < 4.78 is 8.81. The van der Waals surface area contributed by atoms with Crippen LogP contribution >= 0.6 is 0 Å². The highest BCUT2D eigenvalue weighted by molar-refractivity contribution is 5.70. The largest absolute Gasteiger partial charge is 0.481 e. The number of aliphatic hydroxyl groups excluding tert-OH is 1. The van der Waals surface area contributed by atoms with Gasteiger partial charge in [0.2, 0.25) is 0 Å². The van der Waals surface area contributed by atoms with Gasteiger partial charge in [0.25, 0.3) is 5.95 Å². The van der Waals surface area contributed by atoms with Gasteiger partial charge in [0.05, 0.1) is 20.6 Å². The zero-order valence-electron chi connectivity index (χ0n) is 7.11. The number of allylic oxidation sites excluding steroid dienone is 2. The van der Waals surface area contributed by atoms with Gasteiger partial charge in [0.15, 0.2) is 0 Å². The summed E-state index contributed by atoms with van der Waals surface area (Å²) in [6, 6.07) is 0. The smallest absolute Gasteiger partial charge is 0.309 e. The molecular formula is C8H12O4. The van der Waals surface area contributed by atoms with Crippen LogP contribution in [0.1, 0.15) is 6.42 Å². The number of esters is 1. The molecule has 4 heteroatoms. The summed E-state index contributed by atoms with van der Waals surface area (Å²) in [5.74, 6) is -0.521. The molecule has 0 aliphatic rings. The Bertz CT molecular complexity index is 193. The third-order valence-corrected chi connectivity index (χ3v) is 1.10. The molecule has 1 N–H and O–H groups in total. The van der Waals surface area contributed by atoms with Gasteiger partial charge in [0, 0.05) is 6.08 Å². The molecule has 0 heterocycles. The Morgan fingerprint density at radius 3 is 2.58 bits per heavy atom. The van der Waals surface area contributed by atoms with E-state index >= 15 is 0 Å². The second-order valence-corrected chi connectivity index (χ2v) is 1.92. The molecule has 68 valence electrons. The van der Waals surface area contributed by atoms with Gasteiger partial charge in [0.1, 0.15) is 0 Å². The first-order valence-electron chi connectivity index (χ1n) is 3.37. The van der Waals surface area contributed by atoms with E-state index in [2.05, 4.69) is 9.47 Å². The van der Waals surface area contributed by atoms with Crippen LogP contribution in [0.15, 0.2) is 24.2 Å². The summed E-state index contributed by atoms with van der Waals surface area (Å²) in [6.07, 6.45) is 4.59. The first-order valence-corrected chi connectivity index (χ1v) is 3.37. The number of aliphatic hydroxyl groups is 1. The van der Waals surface area contributed by atoms with Crippen molar-refractivity contribution in [3.63, 3.8) is 0 Å².